The Labute approximate surface area is 146 Å². The zero-order chi connectivity index (χ0) is 17.8. The summed E-state index contributed by atoms with van der Waals surface area (Å²) < 4.78 is 5.26. The van der Waals surface area contributed by atoms with Crippen LogP contribution in [0, 0.1) is 0 Å². The largest absolute Gasteiger partial charge is 0.497 e. The van der Waals surface area contributed by atoms with Gasteiger partial charge in [0.2, 0.25) is 5.91 Å². The number of likely N-dealkylation sites (N-methyl/N-ethyl adjacent to an activating group) is 1. The lowest BCUT2D eigenvalue weighted by atomic mass is 9.82. The van der Waals surface area contributed by atoms with Crippen LogP contribution in [0.5, 0.6) is 5.75 Å². The molecule has 1 spiro atoms. The molecule has 25 heavy (non-hydrogen) atoms. The third-order valence-corrected chi connectivity index (χ3v) is 5.66. The van der Waals surface area contributed by atoms with Crippen molar-refractivity contribution >= 4 is 11.8 Å². The lowest BCUT2D eigenvalue weighted by Gasteiger charge is -2.58. The van der Waals surface area contributed by atoms with Crippen LogP contribution in [0.3, 0.4) is 0 Å². The van der Waals surface area contributed by atoms with E-state index in [0.29, 0.717) is 26.1 Å². The van der Waals surface area contributed by atoms with E-state index in [1.54, 1.807) is 14.2 Å². The smallest absolute Gasteiger partial charge is 0.252 e. The van der Waals surface area contributed by atoms with Crippen LogP contribution in [0.2, 0.25) is 0 Å². The van der Waals surface area contributed by atoms with Crippen molar-refractivity contribution in [3.8, 4) is 5.75 Å². The molecule has 3 saturated heterocycles. The van der Waals surface area contributed by atoms with E-state index < -0.39 is 11.6 Å². The number of ether oxygens (including phenoxy) is 1. The second-order valence-corrected chi connectivity index (χ2v) is 7.29. The molecule has 7 nitrogen and oxygen atoms in total. The molecule has 3 fully saturated rings. The van der Waals surface area contributed by atoms with Gasteiger partial charge in [-0.2, -0.15) is 0 Å². The van der Waals surface area contributed by atoms with Crippen molar-refractivity contribution < 1.29 is 19.4 Å². The Morgan fingerprint density at radius 2 is 2.08 bits per heavy atom. The van der Waals surface area contributed by atoms with Gasteiger partial charge >= 0.3 is 0 Å². The molecule has 0 radical (unpaired) electrons. The predicted molar refractivity (Wildman–Crippen MR) is 89.9 cm³/mol. The van der Waals surface area contributed by atoms with Gasteiger partial charge in [0.1, 0.15) is 11.3 Å². The lowest BCUT2D eigenvalue weighted by Crippen LogP contribution is -2.80. The van der Waals surface area contributed by atoms with Crippen molar-refractivity contribution in [3.05, 3.63) is 29.8 Å². The Morgan fingerprint density at radius 3 is 2.80 bits per heavy atom. The molecule has 0 bridgehead atoms. The summed E-state index contributed by atoms with van der Waals surface area (Å²) in [5.41, 5.74) is 0.448. The second kappa shape index (κ2) is 5.79. The number of amides is 2. The molecule has 3 aliphatic heterocycles. The van der Waals surface area contributed by atoms with Crippen molar-refractivity contribution in [2.24, 2.45) is 0 Å². The zero-order valence-electron chi connectivity index (χ0n) is 14.5. The van der Waals surface area contributed by atoms with Crippen LogP contribution in [0.1, 0.15) is 12.0 Å². The third kappa shape index (κ3) is 2.46. The van der Waals surface area contributed by atoms with Gasteiger partial charge in [0.25, 0.3) is 5.91 Å². The number of fused-ring (bicyclic) bond motifs is 2. The molecule has 0 saturated carbocycles. The third-order valence-electron chi connectivity index (χ3n) is 5.66. The van der Waals surface area contributed by atoms with Crippen LogP contribution in [0.25, 0.3) is 0 Å². The van der Waals surface area contributed by atoms with Gasteiger partial charge in [-0.05, 0) is 24.1 Å². The van der Waals surface area contributed by atoms with Crippen LogP contribution in [0.15, 0.2) is 24.3 Å². The van der Waals surface area contributed by atoms with Crippen molar-refractivity contribution in [1.29, 1.82) is 0 Å². The molecule has 3 aliphatic rings. The van der Waals surface area contributed by atoms with Crippen LogP contribution >= 0.6 is 0 Å². The summed E-state index contributed by atoms with van der Waals surface area (Å²) in [6.45, 7) is 2.27. The average Bonchev–Trinajstić information content (AvgIpc) is 2.97. The van der Waals surface area contributed by atoms with Gasteiger partial charge in [-0.3, -0.25) is 24.3 Å². The van der Waals surface area contributed by atoms with E-state index in [2.05, 4.69) is 4.90 Å². The van der Waals surface area contributed by atoms with Crippen LogP contribution in [-0.2, 0) is 16.1 Å². The molecule has 1 N–H and O–H groups in total. The number of likely N-dealkylation sites (tertiary alicyclic amines) is 1. The zero-order valence-corrected chi connectivity index (χ0v) is 14.5. The summed E-state index contributed by atoms with van der Waals surface area (Å²) in [7, 11) is 3.20. The minimum absolute atomic E-state index is 0.148. The summed E-state index contributed by atoms with van der Waals surface area (Å²) in [5, 5.41) is 10.0. The Morgan fingerprint density at radius 1 is 1.32 bits per heavy atom. The fourth-order valence-corrected chi connectivity index (χ4v) is 4.43. The number of β-amino-alcohol motifs (C(OH)–C–C–N with tert-alkyl or cyclic N) is 1. The molecular weight excluding hydrogens is 322 g/mol. The van der Waals surface area contributed by atoms with E-state index in [1.807, 2.05) is 29.2 Å². The summed E-state index contributed by atoms with van der Waals surface area (Å²) in [6.07, 6.45) is -0.133. The highest BCUT2D eigenvalue weighted by atomic mass is 16.5. The Balaban J connectivity index is 1.51. The van der Waals surface area contributed by atoms with Gasteiger partial charge in [-0.25, -0.2) is 0 Å². The van der Waals surface area contributed by atoms with Crippen molar-refractivity contribution in [2.75, 3.05) is 33.8 Å². The first-order chi connectivity index (χ1) is 11.9. The fraction of sp³-hybridized carbons (Fsp3) is 0.556. The number of carbonyl (C=O) groups is 2. The number of aliphatic hydroxyl groups excluding tert-OH is 1. The highest BCUT2D eigenvalue weighted by molar-refractivity contribution is 6.05. The molecule has 2 atom stereocenters. The Hall–Kier alpha value is -1.96. The predicted octanol–water partition coefficient (Wildman–Crippen LogP) is -0.317. The van der Waals surface area contributed by atoms with Crippen LogP contribution < -0.4 is 4.74 Å². The van der Waals surface area contributed by atoms with Gasteiger partial charge < -0.3 is 9.84 Å². The molecule has 4 rings (SSSR count). The number of aliphatic hydroxyl groups is 1. The van der Waals surface area contributed by atoms with E-state index in [9.17, 15) is 14.7 Å². The molecule has 134 valence electrons. The molecule has 2 amide bonds. The van der Waals surface area contributed by atoms with E-state index in [0.717, 1.165) is 17.9 Å². The maximum Gasteiger partial charge on any atom is 0.252 e. The first-order valence-corrected chi connectivity index (χ1v) is 8.57. The standard InChI is InChI=1S/C18H23N3O4/c1-19-16(23)15-7-13(22)9-21(15)18(17(19)24)10-20(11-18)8-12-4-3-5-14(6-12)25-2/h3-6,13,15,22H,7-11H2,1-2H3/t13-,15+/m1/s1. The molecule has 1 aromatic carbocycles. The summed E-state index contributed by atoms with van der Waals surface area (Å²) in [4.78, 5) is 30.6. The molecule has 1 aromatic rings. The van der Waals surface area contributed by atoms with Crippen molar-refractivity contribution in [3.63, 3.8) is 0 Å². The number of nitrogens with zero attached hydrogens (tertiary/aromatic N) is 3. The van der Waals surface area contributed by atoms with Crippen LogP contribution in [-0.4, -0.2) is 83.1 Å². The van der Waals surface area contributed by atoms with Crippen LogP contribution in [0.4, 0.5) is 0 Å². The number of methoxy groups -OCH3 is 1. The van der Waals surface area contributed by atoms with Crippen molar-refractivity contribution in [2.45, 2.75) is 30.7 Å². The summed E-state index contributed by atoms with van der Waals surface area (Å²) >= 11 is 0. The van der Waals surface area contributed by atoms with Gasteiger partial charge in [0.05, 0.1) is 19.3 Å². The van der Waals surface area contributed by atoms with Gasteiger partial charge in [0.15, 0.2) is 0 Å². The highest BCUT2D eigenvalue weighted by Crippen LogP contribution is 2.40. The molecule has 7 heteroatoms. The maximum absolute atomic E-state index is 12.8. The van der Waals surface area contributed by atoms with E-state index >= 15 is 0 Å². The van der Waals surface area contributed by atoms with Gasteiger partial charge in [-0.1, -0.05) is 12.1 Å². The van der Waals surface area contributed by atoms with Gasteiger partial charge in [-0.15, -0.1) is 0 Å². The number of benzene rings is 1. The topological polar surface area (TPSA) is 73.3 Å². The Kier molecular flexibility index (Phi) is 3.82. The molecule has 0 aliphatic carbocycles. The molecular formula is C18H23N3O4. The minimum Gasteiger partial charge on any atom is -0.497 e. The fourth-order valence-electron chi connectivity index (χ4n) is 4.43. The summed E-state index contributed by atoms with van der Waals surface area (Å²) in [6, 6.07) is 7.51. The van der Waals surface area contributed by atoms with E-state index in [4.69, 9.17) is 4.74 Å². The number of carbonyl (C=O) groups excluding carboxylic acids is 2. The molecule has 0 unspecified atom stereocenters. The number of hydrogen-bond acceptors (Lipinski definition) is 6. The van der Waals surface area contributed by atoms with E-state index in [-0.39, 0.29) is 17.9 Å². The van der Waals surface area contributed by atoms with Crippen molar-refractivity contribution in [1.82, 2.24) is 14.7 Å². The average molecular weight is 345 g/mol. The number of hydrogen-bond donors (Lipinski definition) is 1. The maximum atomic E-state index is 12.8. The van der Waals surface area contributed by atoms with E-state index in [1.165, 1.54) is 4.90 Å². The highest BCUT2D eigenvalue weighted by Gasteiger charge is 2.63. The minimum atomic E-state index is -0.677. The number of piperazine rings is 1. The summed E-state index contributed by atoms with van der Waals surface area (Å²) in [5.74, 6) is 0.470. The van der Waals surface area contributed by atoms with Gasteiger partial charge in [0, 0.05) is 33.2 Å². The normalized spacial score (nSPS) is 29.0. The quantitative estimate of drug-likeness (QED) is 0.757. The second-order valence-electron chi connectivity index (χ2n) is 7.29. The first kappa shape index (κ1) is 16.5. The lowest BCUT2D eigenvalue weighted by molar-refractivity contribution is -0.178. The molecule has 3 heterocycles. The number of rotatable bonds is 3. The SMILES string of the molecule is COc1cccc(CN2CC3(C2)C(=O)N(C)C(=O)[C@@H]2C[C@@H](O)CN23)c1. The molecule has 0 aromatic heterocycles. The first-order valence-electron chi connectivity index (χ1n) is 8.57. The Bertz CT molecular complexity index is 716. The number of imide groups is 1. The monoisotopic (exact) mass is 345 g/mol.